The average molecular weight is 317 g/mol. The van der Waals surface area contributed by atoms with E-state index in [0.29, 0.717) is 17.6 Å². The fraction of sp³-hybridized carbons (Fsp3) is 0.556. The molecule has 0 spiro atoms. The van der Waals surface area contributed by atoms with Gasteiger partial charge in [0.25, 0.3) is 0 Å². The number of hydrogen-bond donors (Lipinski definition) is 0. The number of fused-ring (bicyclic) bond motifs is 2. The lowest BCUT2D eigenvalue weighted by molar-refractivity contribution is -0.161. The highest BCUT2D eigenvalue weighted by molar-refractivity contribution is 6.00. The van der Waals surface area contributed by atoms with Gasteiger partial charge in [-0.2, -0.15) is 0 Å². The second kappa shape index (κ2) is 6.71. The van der Waals surface area contributed by atoms with Crippen LogP contribution in [0.2, 0.25) is 0 Å². The predicted octanol–water partition coefficient (Wildman–Crippen LogP) is 2.11. The molecule has 3 unspecified atom stereocenters. The van der Waals surface area contributed by atoms with Crippen LogP contribution in [0.25, 0.3) is 0 Å². The Bertz CT molecular complexity index is 560. The number of piperidine rings is 1. The molecule has 1 aromatic carbocycles. The quantitative estimate of drug-likeness (QED) is 0.629. The van der Waals surface area contributed by atoms with Crippen LogP contribution in [0.4, 0.5) is 0 Å². The van der Waals surface area contributed by atoms with Crippen molar-refractivity contribution >= 4 is 11.9 Å². The highest BCUT2D eigenvalue weighted by Crippen LogP contribution is 2.36. The fourth-order valence-corrected chi connectivity index (χ4v) is 3.82. The van der Waals surface area contributed by atoms with Gasteiger partial charge in [0, 0.05) is 12.1 Å². The molecule has 124 valence electrons. The lowest BCUT2D eigenvalue weighted by Crippen LogP contribution is -2.44. The molecule has 3 atom stereocenters. The maximum atomic E-state index is 12.6. The van der Waals surface area contributed by atoms with Crippen molar-refractivity contribution in [3.05, 3.63) is 35.9 Å². The topological polar surface area (TPSA) is 55.8 Å². The van der Waals surface area contributed by atoms with Gasteiger partial charge in [0.15, 0.2) is 5.92 Å². The molecule has 2 heterocycles. The molecule has 5 nitrogen and oxygen atoms in total. The molecular weight excluding hydrogens is 294 g/mol. The van der Waals surface area contributed by atoms with Gasteiger partial charge in [-0.3, -0.25) is 9.59 Å². The van der Waals surface area contributed by atoms with Gasteiger partial charge >= 0.3 is 11.9 Å². The van der Waals surface area contributed by atoms with E-state index in [2.05, 4.69) is 11.9 Å². The number of carbonyl (C=O) groups is 2. The van der Waals surface area contributed by atoms with E-state index in [1.54, 1.807) is 24.3 Å². The largest absolute Gasteiger partial charge is 0.468 e. The summed E-state index contributed by atoms with van der Waals surface area (Å²) in [6, 6.07) is 9.92. The average Bonchev–Trinajstić information content (AvgIpc) is 2.77. The van der Waals surface area contributed by atoms with Gasteiger partial charge < -0.3 is 14.4 Å². The fourth-order valence-electron chi connectivity index (χ4n) is 3.82. The number of esters is 2. The minimum atomic E-state index is -1.00. The molecule has 0 radical (unpaired) electrons. The van der Waals surface area contributed by atoms with Crippen LogP contribution >= 0.6 is 0 Å². The van der Waals surface area contributed by atoms with Gasteiger partial charge in [0.05, 0.1) is 7.11 Å². The number of hydrogen-bond acceptors (Lipinski definition) is 5. The molecule has 23 heavy (non-hydrogen) atoms. The van der Waals surface area contributed by atoms with Gasteiger partial charge in [-0.1, -0.05) is 30.3 Å². The number of carbonyl (C=O) groups excluding carboxylic acids is 2. The lowest BCUT2D eigenvalue weighted by Gasteiger charge is -2.36. The summed E-state index contributed by atoms with van der Waals surface area (Å²) in [5.41, 5.74) is 0.611. The summed E-state index contributed by atoms with van der Waals surface area (Å²) < 4.78 is 10.5. The van der Waals surface area contributed by atoms with Crippen molar-refractivity contribution in [1.29, 1.82) is 0 Å². The molecule has 3 rings (SSSR count). The molecule has 2 aliphatic heterocycles. The molecule has 2 saturated heterocycles. The molecule has 0 N–H and O–H groups in total. The lowest BCUT2D eigenvalue weighted by atomic mass is 9.98. The van der Waals surface area contributed by atoms with Crippen LogP contribution < -0.4 is 0 Å². The van der Waals surface area contributed by atoms with E-state index < -0.39 is 17.9 Å². The molecule has 2 fully saturated rings. The maximum Gasteiger partial charge on any atom is 0.325 e. The smallest absolute Gasteiger partial charge is 0.325 e. The Kier molecular flexibility index (Phi) is 4.66. The molecule has 2 bridgehead atoms. The van der Waals surface area contributed by atoms with E-state index in [1.807, 2.05) is 6.07 Å². The molecular formula is C18H23NO4. The normalized spacial score (nSPS) is 28.2. The van der Waals surface area contributed by atoms with Crippen LogP contribution in [0.5, 0.6) is 0 Å². The zero-order chi connectivity index (χ0) is 16.4. The molecule has 0 amide bonds. The van der Waals surface area contributed by atoms with Gasteiger partial charge in [-0.15, -0.1) is 0 Å². The highest BCUT2D eigenvalue weighted by atomic mass is 16.6. The zero-order valence-corrected chi connectivity index (χ0v) is 13.6. The van der Waals surface area contributed by atoms with Gasteiger partial charge in [0.1, 0.15) is 6.10 Å². The third-order valence-electron chi connectivity index (χ3n) is 5.14. The number of nitrogens with zero attached hydrogens (tertiary/aromatic N) is 1. The minimum Gasteiger partial charge on any atom is -0.468 e. The molecule has 0 aliphatic carbocycles. The summed E-state index contributed by atoms with van der Waals surface area (Å²) in [6.07, 6.45) is 3.91. The van der Waals surface area contributed by atoms with E-state index in [0.717, 1.165) is 25.7 Å². The van der Waals surface area contributed by atoms with Crippen LogP contribution in [-0.2, 0) is 19.1 Å². The van der Waals surface area contributed by atoms with Crippen LogP contribution in [0.3, 0.4) is 0 Å². The summed E-state index contributed by atoms with van der Waals surface area (Å²) in [6.45, 7) is 0. The van der Waals surface area contributed by atoms with Gasteiger partial charge in [-0.05, 0) is 38.3 Å². The molecule has 1 aromatic rings. The van der Waals surface area contributed by atoms with Gasteiger partial charge in [-0.25, -0.2) is 0 Å². The summed E-state index contributed by atoms with van der Waals surface area (Å²) in [4.78, 5) is 27.0. The third kappa shape index (κ3) is 3.24. The molecule has 2 aliphatic rings. The van der Waals surface area contributed by atoms with E-state index in [4.69, 9.17) is 9.47 Å². The van der Waals surface area contributed by atoms with Crippen molar-refractivity contribution in [3.63, 3.8) is 0 Å². The van der Waals surface area contributed by atoms with Crippen molar-refractivity contribution in [2.75, 3.05) is 14.2 Å². The van der Waals surface area contributed by atoms with Crippen LogP contribution in [-0.4, -0.2) is 49.2 Å². The second-order valence-corrected chi connectivity index (χ2v) is 6.45. The van der Waals surface area contributed by atoms with Crippen LogP contribution in [0, 0.1) is 0 Å². The summed E-state index contributed by atoms with van der Waals surface area (Å²) in [5.74, 6) is -2.08. The van der Waals surface area contributed by atoms with Crippen LogP contribution in [0.1, 0.15) is 37.2 Å². The predicted molar refractivity (Wildman–Crippen MR) is 84.9 cm³/mol. The van der Waals surface area contributed by atoms with Crippen molar-refractivity contribution in [2.45, 2.75) is 49.8 Å². The van der Waals surface area contributed by atoms with Crippen LogP contribution in [0.15, 0.2) is 30.3 Å². The number of methoxy groups -OCH3 is 1. The molecule has 5 heteroatoms. The number of rotatable bonds is 4. The number of ether oxygens (including phenoxy) is 2. The van der Waals surface area contributed by atoms with Gasteiger partial charge in [0.2, 0.25) is 0 Å². The first kappa shape index (κ1) is 16.0. The zero-order valence-electron chi connectivity index (χ0n) is 13.6. The molecule has 0 saturated carbocycles. The monoisotopic (exact) mass is 317 g/mol. The van der Waals surface area contributed by atoms with E-state index >= 15 is 0 Å². The van der Waals surface area contributed by atoms with Crippen molar-refractivity contribution in [2.24, 2.45) is 0 Å². The summed E-state index contributed by atoms with van der Waals surface area (Å²) in [7, 11) is 3.43. The highest BCUT2D eigenvalue weighted by Gasteiger charge is 2.41. The van der Waals surface area contributed by atoms with E-state index in [-0.39, 0.29) is 6.10 Å². The van der Waals surface area contributed by atoms with E-state index in [1.165, 1.54) is 7.11 Å². The SMILES string of the molecule is COC(=O)C(C(=O)OC1CC2CCC(C1)N2C)c1ccccc1. The van der Waals surface area contributed by atoms with Crippen molar-refractivity contribution in [3.8, 4) is 0 Å². The first-order chi connectivity index (χ1) is 11.1. The first-order valence-electron chi connectivity index (χ1n) is 8.15. The Morgan fingerprint density at radius 3 is 2.26 bits per heavy atom. The Hall–Kier alpha value is -1.88. The second-order valence-electron chi connectivity index (χ2n) is 6.45. The minimum absolute atomic E-state index is 0.105. The Balaban J connectivity index is 1.71. The van der Waals surface area contributed by atoms with Crippen molar-refractivity contribution < 1.29 is 19.1 Å². The maximum absolute atomic E-state index is 12.6. The Morgan fingerprint density at radius 1 is 1.09 bits per heavy atom. The first-order valence-corrected chi connectivity index (χ1v) is 8.15. The Morgan fingerprint density at radius 2 is 1.70 bits per heavy atom. The van der Waals surface area contributed by atoms with Crippen molar-refractivity contribution in [1.82, 2.24) is 4.90 Å². The third-order valence-corrected chi connectivity index (χ3v) is 5.14. The number of benzene rings is 1. The Labute approximate surface area is 136 Å². The molecule has 0 aromatic heterocycles. The van der Waals surface area contributed by atoms with E-state index in [9.17, 15) is 9.59 Å². The standard InChI is InChI=1S/C18H23NO4/c1-19-13-8-9-14(19)11-15(10-13)23-18(21)16(17(20)22-2)12-6-4-3-5-7-12/h3-7,13-16H,8-11H2,1-2H3. The summed E-state index contributed by atoms with van der Waals surface area (Å²) in [5, 5.41) is 0. The summed E-state index contributed by atoms with van der Waals surface area (Å²) >= 11 is 0.